The fourth-order valence-corrected chi connectivity index (χ4v) is 6.95. The summed E-state index contributed by atoms with van der Waals surface area (Å²) in [6, 6.07) is 1.78. The Kier molecular flexibility index (Phi) is 8.25. The number of carbonyl (C=O) groups excluding carboxylic acids is 2. The van der Waals surface area contributed by atoms with Crippen LogP contribution in [0, 0.1) is 29.1 Å². The zero-order chi connectivity index (χ0) is 27.0. The summed E-state index contributed by atoms with van der Waals surface area (Å²) in [4.78, 5) is 31.7. The van der Waals surface area contributed by atoms with Gasteiger partial charge in [0.15, 0.2) is 0 Å². The lowest BCUT2D eigenvalue weighted by Crippen LogP contribution is -2.68. The van der Waals surface area contributed by atoms with Crippen molar-refractivity contribution in [3.8, 4) is 6.07 Å². The van der Waals surface area contributed by atoms with E-state index < -0.39 is 36.2 Å². The highest BCUT2D eigenvalue weighted by molar-refractivity contribution is 6.30. The van der Waals surface area contributed by atoms with E-state index in [0.29, 0.717) is 56.4 Å². The van der Waals surface area contributed by atoms with Gasteiger partial charge in [-0.15, -0.1) is 23.2 Å². The highest BCUT2D eigenvalue weighted by atomic mass is 35.5. The molecule has 0 radical (unpaired) electrons. The fourth-order valence-electron chi connectivity index (χ4n) is 6.38. The largest absolute Gasteiger partial charge is 0.401 e. The van der Waals surface area contributed by atoms with E-state index in [1.54, 1.807) is 0 Å². The maximum Gasteiger partial charge on any atom is 0.318 e. The summed E-state index contributed by atoms with van der Waals surface area (Å²) in [6.45, 7) is 0.499. The van der Waals surface area contributed by atoms with Gasteiger partial charge in [0, 0.05) is 42.3 Å². The number of nitrogens with one attached hydrogen (secondary N) is 1. The molecule has 3 unspecified atom stereocenters. The molecule has 3 amide bonds. The standard InChI is InChI=1S/C25H34Cl2F2N6O2/c26-17-6-3-15(9-18(17)27)21(31)20(22(32)36)19-11-35(8-7-33-19)23(37)34-24(12-25(28,29)13-24)16-4-1-14(10-30)2-5-16/h14-18H,1-9,11-13,31H2,(H2,32,36)(H,34,37). The summed E-state index contributed by atoms with van der Waals surface area (Å²) in [6.07, 6.45) is 3.52. The maximum absolute atomic E-state index is 14.1. The molecule has 37 heavy (non-hydrogen) atoms. The van der Waals surface area contributed by atoms with Crippen LogP contribution in [-0.2, 0) is 4.79 Å². The van der Waals surface area contributed by atoms with Crippen LogP contribution in [0.15, 0.2) is 16.3 Å². The molecule has 1 aliphatic heterocycles. The molecule has 0 bridgehead atoms. The maximum atomic E-state index is 14.1. The van der Waals surface area contributed by atoms with Crippen LogP contribution >= 0.6 is 23.2 Å². The average molecular weight is 559 g/mol. The van der Waals surface area contributed by atoms with Crippen molar-refractivity contribution in [2.75, 3.05) is 19.6 Å². The molecule has 4 aliphatic rings. The lowest BCUT2D eigenvalue weighted by Gasteiger charge is -2.54. The zero-order valence-electron chi connectivity index (χ0n) is 20.7. The number of rotatable bonds is 5. The Bertz CT molecular complexity index is 1010. The van der Waals surface area contributed by atoms with Crippen LogP contribution in [0.1, 0.15) is 57.8 Å². The third kappa shape index (κ3) is 5.98. The second kappa shape index (κ2) is 10.9. The summed E-state index contributed by atoms with van der Waals surface area (Å²) in [5.74, 6) is -3.93. The third-order valence-corrected chi connectivity index (χ3v) is 9.59. The number of hydrogen-bond donors (Lipinski definition) is 3. The number of carbonyl (C=O) groups is 2. The van der Waals surface area contributed by atoms with E-state index in [1.807, 2.05) is 0 Å². The number of primary amides is 1. The van der Waals surface area contributed by atoms with Gasteiger partial charge < -0.3 is 21.7 Å². The molecule has 4 rings (SSSR count). The molecule has 0 aromatic rings. The normalized spacial score (nSPS) is 33.8. The van der Waals surface area contributed by atoms with Crippen LogP contribution in [0.3, 0.4) is 0 Å². The van der Waals surface area contributed by atoms with Crippen molar-refractivity contribution in [1.82, 2.24) is 10.2 Å². The molecule has 12 heteroatoms. The van der Waals surface area contributed by atoms with Gasteiger partial charge in [-0.3, -0.25) is 9.79 Å². The van der Waals surface area contributed by atoms with E-state index in [9.17, 15) is 23.6 Å². The van der Waals surface area contributed by atoms with E-state index in [4.69, 9.17) is 34.7 Å². The number of nitriles is 1. The van der Waals surface area contributed by atoms with Crippen LogP contribution in [0.5, 0.6) is 0 Å². The molecular weight excluding hydrogens is 525 g/mol. The van der Waals surface area contributed by atoms with E-state index >= 15 is 0 Å². The first kappa shape index (κ1) is 27.9. The Balaban J connectivity index is 1.48. The Labute approximate surface area is 225 Å². The highest BCUT2D eigenvalue weighted by Crippen LogP contribution is 2.53. The number of hydrogen-bond acceptors (Lipinski definition) is 5. The van der Waals surface area contributed by atoms with Crippen molar-refractivity contribution < 1.29 is 18.4 Å². The second-order valence-electron chi connectivity index (χ2n) is 11.0. The van der Waals surface area contributed by atoms with Gasteiger partial charge in [0.2, 0.25) is 0 Å². The quantitative estimate of drug-likeness (QED) is 0.350. The molecule has 8 nitrogen and oxygen atoms in total. The Morgan fingerprint density at radius 1 is 1.08 bits per heavy atom. The summed E-state index contributed by atoms with van der Waals surface area (Å²) in [7, 11) is 0. The minimum absolute atomic E-state index is 0.00634. The Hall–Kier alpha value is -2.12. The summed E-state index contributed by atoms with van der Waals surface area (Å²) >= 11 is 12.6. The number of amides is 3. The first-order valence-corrected chi connectivity index (χ1v) is 13.8. The van der Waals surface area contributed by atoms with Gasteiger partial charge in [-0.25, -0.2) is 13.6 Å². The zero-order valence-corrected chi connectivity index (χ0v) is 22.2. The molecule has 3 fully saturated rings. The SMILES string of the molecule is N#CC1CCC(C2(NC(=O)N3CCN=C(C(C(N)=O)=C(N)C4CCC(Cl)C(Cl)C4)C3)CC(F)(F)C2)CC1. The van der Waals surface area contributed by atoms with Crippen molar-refractivity contribution in [3.05, 3.63) is 11.3 Å². The van der Waals surface area contributed by atoms with Gasteiger partial charge in [0.05, 0.1) is 41.4 Å². The van der Waals surface area contributed by atoms with Gasteiger partial charge in [-0.2, -0.15) is 5.26 Å². The fraction of sp³-hybridized carbons (Fsp3) is 0.760. The monoisotopic (exact) mass is 558 g/mol. The topological polar surface area (TPSA) is 138 Å². The molecule has 3 aliphatic carbocycles. The molecular formula is C25H34Cl2F2N6O2. The number of urea groups is 1. The van der Waals surface area contributed by atoms with E-state index in [-0.39, 0.29) is 53.7 Å². The Morgan fingerprint density at radius 3 is 2.32 bits per heavy atom. The molecule has 0 spiro atoms. The Morgan fingerprint density at radius 2 is 1.76 bits per heavy atom. The third-order valence-electron chi connectivity index (χ3n) is 8.45. The number of allylic oxidation sites excluding steroid dienone is 1. The van der Waals surface area contributed by atoms with Crippen LogP contribution < -0.4 is 16.8 Å². The van der Waals surface area contributed by atoms with Gasteiger partial charge in [-0.1, -0.05) is 0 Å². The van der Waals surface area contributed by atoms with Gasteiger partial charge in [0.1, 0.15) is 0 Å². The molecule has 0 aromatic carbocycles. The molecule has 1 heterocycles. The molecule has 204 valence electrons. The van der Waals surface area contributed by atoms with Gasteiger partial charge in [0.25, 0.3) is 11.8 Å². The first-order valence-electron chi connectivity index (χ1n) is 12.9. The summed E-state index contributed by atoms with van der Waals surface area (Å²) < 4.78 is 28.1. The predicted octanol–water partition coefficient (Wildman–Crippen LogP) is 3.66. The molecule has 0 aromatic heterocycles. The lowest BCUT2D eigenvalue weighted by molar-refractivity contribution is -0.153. The molecule has 3 atom stereocenters. The first-order chi connectivity index (χ1) is 17.4. The second-order valence-corrected chi connectivity index (χ2v) is 12.1. The predicted molar refractivity (Wildman–Crippen MR) is 137 cm³/mol. The van der Waals surface area contributed by atoms with Crippen molar-refractivity contribution in [1.29, 1.82) is 5.26 Å². The van der Waals surface area contributed by atoms with Crippen molar-refractivity contribution in [2.24, 2.45) is 34.2 Å². The number of halogens is 4. The van der Waals surface area contributed by atoms with E-state index in [1.165, 1.54) is 4.90 Å². The summed E-state index contributed by atoms with van der Waals surface area (Å²) in [5.41, 5.74) is 11.8. The molecule has 0 saturated heterocycles. The number of nitrogens with two attached hydrogens (primary N) is 2. The number of nitrogens with zero attached hydrogens (tertiary/aromatic N) is 3. The van der Waals surface area contributed by atoms with Crippen molar-refractivity contribution in [2.45, 2.75) is 80.0 Å². The molecule has 3 saturated carbocycles. The van der Waals surface area contributed by atoms with Crippen LogP contribution in [0.2, 0.25) is 0 Å². The van der Waals surface area contributed by atoms with E-state index in [2.05, 4.69) is 16.4 Å². The lowest BCUT2D eigenvalue weighted by atomic mass is 9.60. The number of aliphatic imine (C=N–C) groups is 1. The van der Waals surface area contributed by atoms with Gasteiger partial charge >= 0.3 is 6.03 Å². The smallest absolute Gasteiger partial charge is 0.318 e. The van der Waals surface area contributed by atoms with Crippen LogP contribution in [0.4, 0.5) is 13.6 Å². The number of alkyl halides is 4. The summed E-state index contributed by atoms with van der Waals surface area (Å²) in [5, 5.41) is 11.7. The minimum atomic E-state index is -2.83. The van der Waals surface area contributed by atoms with Crippen LogP contribution in [0.25, 0.3) is 0 Å². The van der Waals surface area contributed by atoms with Crippen molar-refractivity contribution >= 4 is 40.9 Å². The van der Waals surface area contributed by atoms with Crippen LogP contribution in [-0.4, -0.2) is 64.4 Å². The average Bonchev–Trinajstić information content (AvgIpc) is 2.84. The highest BCUT2D eigenvalue weighted by Gasteiger charge is 2.61. The van der Waals surface area contributed by atoms with Crippen molar-refractivity contribution in [3.63, 3.8) is 0 Å². The van der Waals surface area contributed by atoms with E-state index in [0.717, 1.165) is 0 Å². The molecule has 5 N–H and O–H groups in total. The van der Waals surface area contributed by atoms with Gasteiger partial charge in [-0.05, 0) is 50.9 Å². The minimum Gasteiger partial charge on any atom is -0.401 e.